The van der Waals surface area contributed by atoms with E-state index in [1.807, 2.05) is 6.92 Å². The number of hydrogen-bond acceptors (Lipinski definition) is 5. The monoisotopic (exact) mass is 255 g/mol. The minimum absolute atomic E-state index is 0.223. The summed E-state index contributed by atoms with van der Waals surface area (Å²) >= 11 is 0. The van der Waals surface area contributed by atoms with Gasteiger partial charge in [0.05, 0.1) is 18.4 Å². The van der Waals surface area contributed by atoms with Gasteiger partial charge in [-0.05, 0) is 26.2 Å². The quantitative estimate of drug-likeness (QED) is 0.593. The molecule has 2 fully saturated rings. The zero-order valence-electron chi connectivity index (χ0n) is 10.8. The zero-order chi connectivity index (χ0) is 13.0. The van der Waals surface area contributed by atoms with Crippen LogP contribution in [0, 0.1) is 0 Å². The van der Waals surface area contributed by atoms with Crippen molar-refractivity contribution in [3.63, 3.8) is 0 Å². The number of amides is 1. The highest BCUT2D eigenvalue weighted by Gasteiger charge is 2.32. The van der Waals surface area contributed by atoms with Crippen LogP contribution in [0.2, 0.25) is 0 Å². The Hall–Kier alpha value is -1.30. The maximum Gasteiger partial charge on any atom is 0.409 e. The average Bonchev–Trinajstić information content (AvgIpc) is 2.87. The molecule has 1 saturated heterocycles. The normalized spacial score (nSPS) is 27.7. The van der Waals surface area contributed by atoms with Crippen molar-refractivity contribution >= 4 is 11.8 Å². The Morgan fingerprint density at radius 2 is 2.17 bits per heavy atom. The van der Waals surface area contributed by atoms with Gasteiger partial charge in [0.1, 0.15) is 0 Å². The Morgan fingerprint density at radius 1 is 1.44 bits per heavy atom. The van der Waals surface area contributed by atoms with Gasteiger partial charge in [0.2, 0.25) is 0 Å². The first-order valence-corrected chi connectivity index (χ1v) is 6.62. The lowest BCUT2D eigenvalue weighted by atomic mass is 10.1. The van der Waals surface area contributed by atoms with Crippen LogP contribution in [0.1, 0.15) is 26.2 Å². The molecule has 1 atom stereocenters. The first kappa shape index (κ1) is 13.1. The highest BCUT2D eigenvalue weighted by atomic mass is 16.6. The Labute approximate surface area is 107 Å². The summed E-state index contributed by atoms with van der Waals surface area (Å²) in [7, 11) is 0. The van der Waals surface area contributed by atoms with Crippen LogP contribution in [0.4, 0.5) is 4.79 Å². The summed E-state index contributed by atoms with van der Waals surface area (Å²) in [6.07, 6.45) is 2.81. The predicted octanol–water partition coefficient (Wildman–Crippen LogP) is 1.14. The summed E-state index contributed by atoms with van der Waals surface area (Å²) in [6.45, 7) is 5.26. The fraction of sp³-hybridized carbons (Fsp3) is 0.833. The molecule has 1 aliphatic carbocycles. The largest absolute Gasteiger partial charge is 0.450 e. The van der Waals surface area contributed by atoms with E-state index < -0.39 is 0 Å². The molecule has 0 aromatic rings. The van der Waals surface area contributed by atoms with Crippen molar-refractivity contribution in [2.24, 2.45) is 5.16 Å². The number of piperazine rings is 1. The van der Waals surface area contributed by atoms with Crippen LogP contribution in [0.3, 0.4) is 0 Å². The summed E-state index contributed by atoms with van der Waals surface area (Å²) in [5.74, 6) is 0. The number of carbonyl (C=O) groups excluding carboxylic acids is 1. The summed E-state index contributed by atoms with van der Waals surface area (Å²) in [5.41, 5.74) is 0.889. The average molecular weight is 255 g/mol. The number of oxime groups is 1. The van der Waals surface area contributed by atoms with Gasteiger partial charge in [-0.1, -0.05) is 5.16 Å². The number of hydrogen-bond donors (Lipinski definition) is 1. The van der Waals surface area contributed by atoms with Gasteiger partial charge in [-0.2, -0.15) is 0 Å². The molecule has 0 aromatic heterocycles. The van der Waals surface area contributed by atoms with Gasteiger partial charge in [0, 0.05) is 26.2 Å². The Morgan fingerprint density at radius 3 is 2.78 bits per heavy atom. The van der Waals surface area contributed by atoms with Crippen LogP contribution in [0.5, 0.6) is 0 Å². The van der Waals surface area contributed by atoms with Crippen LogP contribution >= 0.6 is 0 Å². The topological polar surface area (TPSA) is 65.4 Å². The molecule has 1 aliphatic heterocycles. The molecule has 6 heteroatoms. The molecular formula is C12H21N3O3. The van der Waals surface area contributed by atoms with E-state index in [1.54, 1.807) is 4.90 Å². The van der Waals surface area contributed by atoms with Crippen molar-refractivity contribution in [3.8, 4) is 0 Å². The van der Waals surface area contributed by atoms with Gasteiger partial charge in [0.25, 0.3) is 0 Å². The van der Waals surface area contributed by atoms with Crippen molar-refractivity contribution in [1.29, 1.82) is 0 Å². The second kappa shape index (κ2) is 6.04. The fourth-order valence-electron chi connectivity index (χ4n) is 2.75. The molecule has 102 valence electrons. The lowest BCUT2D eigenvalue weighted by molar-refractivity contribution is 0.0743. The van der Waals surface area contributed by atoms with Gasteiger partial charge in [0.15, 0.2) is 0 Å². The molecule has 1 amide bonds. The molecule has 1 unspecified atom stereocenters. The van der Waals surface area contributed by atoms with Gasteiger partial charge in [-0.25, -0.2) is 4.79 Å². The summed E-state index contributed by atoms with van der Waals surface area (Å²) < 4.78 is 4.99. The zero-order valence-corrected chi connectivity index (χ0v) is 10.8. The van der Waals surface area contributed by atoms with Crippen molar-refractivity contribution in [1.82, 2.24) is 9.80 Å². The van der Waals surface area contributed by atoms with Crippen LogP contribution in [0.15, 0.2) is 5.16 Å². The molecule has 0 spiro atoms. The second-order valence-electron chi connectivity index (χ2n) is 4.72. The van der Waals surface area contributed by atoms with E-state index in [-0.39, 0.29) is 12.1 Å². The van der Waals surface area contributed by atoms with Crippen molar-refractivity contribution in [2.45, 2.75) is 32.2 Å². The lowest BCUT2D eigenvalue weighted by Gasteiger charge is -2.37. The molecule has 1 heterocycles. The van der Waals surface area contributed by atoms with E-state index in [0.29, 0.717) is 19.7 Å². The smallest absolute Gasteiger partial charge is 0.409 e. The molecule has 0 bridgehead atoms. The van der Waals surface area contributed by atoms with E-state index in [0.717, 1.165) is 38.1 Å². The van der Waals surface area contributed by atoms with Crippen LogP contribution in [0.25, 0.3) is 0 Å². The highest BCUT2D eigenvalue weighted by Crippen LogP contribution is 2.22. The maximum atomic E-state index is 11.6. The van der Waals surface area contributed by atoms with E-state index in [9.17, 15) is 4.79 Å². The van der Waals surface area contributed by atoms with Crippen molar-refractivity contribution in [2.75, 3.05) is 32.8 Å². The van der Waals surface area contributed by atoms with E-state index in [1.165, 1.54) is 0 Å². The van der Waals surface area contributed by atoms with E-state index >= 15 is 0 Å². The Kier molecular flexibility index (Phi) is 4.41. The molecule has 6 nitrogen and oxygen atoms in total. The summed E-state index contributed by atoms with van der Waals surface area (Å²) in [5, 5.41) is 12.4. The SMILES string of the molecule is CCOC(=O)N1CCN(C2CCC/C2=N/O)CC1. The molecule has 2 rings (SSSR count). The maximum absolute atomic E-state index is 11.6. The predicted molar refractivity (Wildman–Crippen MR) is 67.0 cm³/mol. The Balaban J connectivity index is 1.85. The van der Waals surface area contributed by atoms with Gasteiger partial charge >= 0.3 is 6.09 Å². The highest BCUT2D eigenvalue weighted by molar-refractivity contribution is 5.90. The van der Waals surface area contributed by atoms with Crippen LogP contribution in [-0.2, 0) is 4.74 Å². The van der Waals surface area contributed by atoms with Gasteiger partial charge < -0.3 is 14.8 Å². The minimum atomic E-state index is -0.223. The van der Waals surface area contributed by atoms with Gasteiger partial charge in [-0.3, -0.25) is 4.90 Å². The van der Waals surface area contributed by atoms with Crippen molar-refractivity contribution in [3.05, 3.63) is 0 Å². The Bertz CT molecular complexity index is 325. The molecular weight excluding hydrogens is 234 g/mol. The van der Waals surface area contributed by atoms with Gasteiger partial charge in [-0.15, -0.1) is 0 Å². The van der Waals surface area contributed by atoms with E-state index in [2.05, 4.69) is 10.1 Å². The molecule has 1 N–H and O–H groups in total. The number of carbonyl (C=O) groups is 1. The van der Waals surface area contributed by atoms with Crippen LogP contribution < -0.4 is 0 Å². The molecule has 0 aromatic carbocycles. The van der Waals surface area contributed by atoms with E-state index in [4.69, 9.17) is 9.94 Å². The van der Waals surface area contributed by atoms with Crippen LogP contribution in [-0.4, -0.2) is 65.6 Å². The third-order valence-electron chi connectivity index (χ3n) is 3.70. The molecule has 0 radical (unpaired) electrons. The molecule has 2 aliphatic rings. The van der Waals surface area contributed by atoms with Crippen molar-refractivity contribution < 1.29 is 14.7 Å². The standard InChI is InChI=1S/C12H21N3O3/c1-2-18-12(16)15-8-6-14(7-9-15)11-5-3-4-10(11)13-17/h11,17H,2-9H2,1H3/b13-10-. The molecule has 18 heavy (non-hydrogen) atoms. The number of rotatable bonds is 2. The third kappa shape index (κ3) is 2.75. The first-order valence-electron chi connectivity index (χ1n) is 6.62. The lowest BCUT2D eigenvalue weighted by Crippen LogP contribution is -2.53. The third-order valence-corrected chi connectivity index (χ3v) is 3.70. The minimum Gasteiger partial charge on any atom is -0.450 e. The summed E-state index contributed by atoms with van der Waals surface area (Å²) in [6, 6.07) is 0.263. The summed E-state index contributed by atoms with van der Waals surface area (Å²) in [4.78, 5) is 15.6. The molecule has 1 saturated carbocycles. The number of ether oxygens (including phenoxy) is 1. The first-order chi connectivity index (χ1) is 8.76. The number of nitrogens with zero attached hydrogens (tertiary/aromatic N) is 3. The fourth-order valence-corrected chi connectivity index (χ4v) is 2.75. The second-order valence-corrected chi connectivity index (χ2v) is 4.72.